The topological polar surface area (TPSA) is 50.8 Å². The third-order valence-corrected chi connectivity index (χ3v) is 4.44. The van der Waals surface area contributed by atoms with Gasteiger partial charge in [-0.15, -0.1) is 0 Å². The Morgan fingerprint density at radius 3 is 2.67 bits per heavy atom. The molecular formula is C20H19FN2O3S. The summed E-state index contributed by atoms with van der Waals surface area (Å²) in [4.78, 5) is 13.8. The molecule has 2 aromatic rings. The van der Waals surface area contributed by atoms with E-state index in [9.17, 15) is 9.18 Å². The molecule has 3 rings (SSSR count). The van der Waals surface area contributed by atoms with Crippen molar-refractivity contribution in [2.45, 2.75) is 13.5 Å². The van der Waals surface area contributed by atoms with Crippen LogP contribution in [0.1, 0.15) is 18.1 Å². The normalized spacial score (nSPS) is 15.2. The fraction of sp³-hybridized carbons (Fsp3) is 0.200. The zero-order valence-electron chi connectivity index (χ0n) is 15.0. The van der Waals surface area contributed by atoms with Crippen LogP contribution in [0.4, 0.5) is 4.39 Å². The first kappa shape index (κ1) is 18.8. The summed E-state index contributed by atoms with van der Waals surface area (Å²) < 4.78 is 24.8. The standard InChI is InChI=1S/C20H19FN2O3S/c1-3-23-19(24)16(22-20(23)27)10-13-8-9-17(18(11-13)25-2)26-12-14-6-4-5-7-15(14)21/h4-11H,3,12H2,1-2H3,(H,22,27). The number of halogens is 1. The van der Waals surface area contributed by atoms with Crippen LogP contribution in [0.15, 0.2) is 48.2 Å². The van der Waals surface area contributed by atoms with Crippen molar-refractivity contribution < 1.29 is 18.7 Å². The molecule has 1 heterocycles. The number of benzene rings is 2. The van der Waals surface area contributed by atoms with Gasteiger partial charge in [0.25, 0.3) is 5.91 Å². The quantitative estimate of drug-likeness (QED) is 0.608. The van der Waals surface area contributed by atoms with Crippen molar-refractivity contribution in [3.8, 4) is 11.5 Å². The number of amides is 1. The lowest BCUT2D eigenvalue weighted by molar-refractivity contribution is -0.122. The maximum atomic E-state index is 13.7. The van der Waals surface area contributed by atoms with Crippen molar-refractivity contribution in [1.82, 2.24) is 10.2 Å². The van der Waals surface area contributed by atoms with Crippen LogP contribution >= 0.6 is 12.2 Å². The molecule has 1 amide bonds. The Hall–Kier alpha value is -2.93. The van der Waals surface area contributed by atoms with Crippen molar-refractivity contribution in [2.24, 2.45) is 0 Å². The highest BCUT2D eigenvalue weighted by Crippen LogP contribution is 2.30. The second kappa shape index (κ2) is 8.18. The van der Waals surface area contributed by atoms with Crippen molar-refractivity contribution >= 4 is 29.3 Å². The van der Waals surface area contributed by atoms with E-state index in [1.165, 1.54) is 18.1 Å². The van der Waals surface area contributed by atoms with E-state index < -0.39 is 0 Å². The summed E-state index contributed by atoms with van der Waals surface area (Å²) in [5, 5.41) is 3.31. The number of carbonyl (C=O) groups is 1. The first-order chi connectivity index (χ1) is 13.0. The van der Waals surface area contributed by atoms with Gasteiger partial charge >= 0.3 is 0 Å². The molecule has 27 heavy (non-hydrogen) atoms. The number of hydrogen-bond acceptors (Lipinski definition) is 4. The van der Waals surface area contributed by atoms with Crippen molar-refractivity contribution in [2.75, 3.05) is 13.7 Å². The smallest absolute Gasteiger partial charge is 0.276 e. The highest BCUT2D eigenvalue weighted by Gasteiger charge is 2.29. The van der Waals surface area contributed by atoms with Crippen molar-refractivity contribution in [3.05, 3.63) is 65.1 Å². The number of rotatable bonds is 6. The number of carbonyl (C=O) groups excluding carboxylic acids is 1. The predicted molar refractivity (Wildman–Crippen MR) is 105 cm³/mol. The van der Waals surface area contributed by atoms with Gasteiger partial charge in [0.15, 0.2) is 16.6 Å². The number of ether oxygens (including phenoxy) is 2. The highest BCUT2D eigenvalue weighted by molar-refractivity contribution is 7.80. The van der Waals surface area contributed by atoms with Gasteiger partial charge in [-0.25, -0.2) is 4.39 Å². The number of thiocarbonyl (C=S) groups is 1. The molecule has 0 atom stereocenters. The van der Waals surface area contributed by atoms with Gasteiger partial charge in [-0.3, -0.25) is 9.69 Å². The molecule has 2 aromatic carbocycles. The molecule has 0 aliphatic carbocycles. The van der Waals surface area contributed by atoms with Gasteiger partial charge in [0.05, 0.1) is 7.11 Å². The molecule has 5 nitrogen and oxygen atoms in total. The summed E-state index contributed by atoms with van der Waals surface area (Å²) in [5.74, 6) is 0.488. The summed E-state index contributed by atoms with van der Waals surface area (Å²) in [5.41, 5.74) is 1.62. The fourth-order valence-electron chi connectivity index (χ4n) is 2.69. The average molecular weight is 386 g/mol. The van der Waals surface area contributed by atoms with E-state index in [4.69, 9.17) is 21.7 Å². The van der Waals surface area contributed by atoms with E-state index in [0.717, 1.165) is 5.56 Å². The third-order valence-electron chi connectivity index (χ3n) is 4.12. The number of nitrogens with zero attached hydrogens (tertiary/aromatic N) is 1. The summed E-state index contributed by atoms with van der Waals surface area (Å²) in [6, 6.07) is 11.7. The largest absolute Gasteiger partial charge is 0.493 e. The molecule has 140 valence electrons. The van der Waals surface area contributed by atoms with Crippen LogP contribution in [0.25, 0.3) is 6.08 Å². The van der Waals surface area contributed by atoms with E-state index in [2.05, 4.69) is 5.32 Å². The number of likely N-dealkylation sites (N-methyl/N-ethyl adjacent to an activating group) is 1. The van der Waals surface area contributed by atoms with Gasteiger partial charge in [-0.05, 0) is 49.0 Å². The lowest BCUT2D eigenvalue weighted by Crippen LogP contribution is -2.30. The number of hydrogen-bond donors (Lipinski definition) is 1. The molecule has 0 aromatic heterocycles. The van der Waals surface area contributed by atoms with Gasteiger partial charge in [0, 0.05) is 12.1 Å². The van der Waals surface area contributed by atoms with E-state index >= 15 is 0 Å². The van der Waals surface area contributed by atoms with E-state index in [0.29, 0.717) is 34.4 Å². The van der Waals surface area contributed by atoms with Crippen molar-refractivity contribution in [1.29, 1.82) is 0 Å². The summed E-state index contributed by atoms with van der Waals surface area (Å²) in [7, 11) is 1.52. The van der Waals surface area contributed by atoms with Gasteiger partial charge in [-0.2, -0.15) is 0 Å². The Kier molecular flexibility index (Phi) is 5.71. The van der Waals surface area contributed by atoms with Crippen LogP contribution in [0, 0.1) is 5.82 Å². The first-order valence-electron chi connectivity index (χ1n) is 8.42. The predicted octanol–water partition coefficient (Wildman–Crippen LogP) is 3.49. The Bertz CT molecular complexity index is 914. The maximum Gasteiger partial charge on any atom is 0.276 e. The van der Waals surface area contributed by atoms with E-state index in [-0.39, 0.29) is 18.3 Å². The first-order valence-corrected chi connectivity index (χ1v) is 8.83. The van der Waals surface area contributed by atoms with Crippen LogP contribution in [0.3, 0.4) is 0 Å². The molecule has 7 heteroatoms. The van der Waals surface area contributed by atoms with Crippen LogP contribution in [-0.2, 0) is 11.4 Å². The molecule has 0 radical (unpaired) electrons. The van der Waals surface area contributed by atoms with Crippen molar-refractivity contribution in [3.63, 3.8) is 0 Å². The molecule has 1 saturated heterocycles. The van der Waals surface area contributed by atoms with Crippen LogP contribution in [0.5, 0.6) is 11.5 Å². The summed E-state index contributed by atoms with van der Waals surface area (Å²) in [6.07, 6.45) is 1.70. The zero-order chi connectivity index (χ0) is 19.4. The Morgan fingerprint density at radius 1 is 1.22 bits per heavy atom. The summed E-state index contributed by atoms with van der Waals surface area (Å²) >= 11 is 5.15. The molecule has 1 N–H and O–H groups in total. The molecule has 0 bridgehead atoms. The van der Waals surface area contributed by atoms with Crippen LogP contribution < -0.4 is 14.8 Å². The fourth-order valence-corrected chi connectivity index (χ4v) is 3.01. The minimum atomic E-state index is -0.319. The third kappa shape index (κ3) is 4.09. The monoisotopic (exact) mass is 386 g/mol. The second-order valence-electron chi connectivity index (χ2n) is 5.83. The molecule has 0 unspecified atom stereocenters. The number of nitrogens with one attached hydrogen (secondary N) is 1. The molecule has 1 fully saturated rings. The minimum absolute atomic E-state index is 0.0865. The highest BCUT2D eigenvalue weighted by atomic mass is 32.1. The summed E-state index contributed by atoms with van der Waals surface area (Å²) in [6.45, 7) is 2.46. The van der Waals surface area contributed by atoms with Gasteiger partial charge < -0.3 is 14.8 Å². The van der Waals surface area contributed by atoms with Gasteiger partial charge in [-0.1, -0.05) is 24.3 Å². The molecule has 1 aliphatic heterocycles. The molecule has 1 aliphatic rings. The van der Waals surface area contributed by atoms with E-state index in [1.54, 1.807) is 42.5 Å². The molecular weight excluding hydrogens is 367 g/mol. The molecule has 0 spiro atoms. The van der Waals surface area contributed by atoms with Gasteiger partial charge in [0.1, 0.15) is 18.1 Å². The average Bonchev–Trinajstić information content (AvgIpc) is 2.94. The lowest BCUT2D eigenvalue weighted by atomic mass is 10.1. The SMILES string of the molecule is CCN1C(=O)C(=Cc2ccc(OCc3ccccc3F)c(OC)c2)NC1=S. The van der Waals surface area contributed by atoms with Crippen LogP contribution in [-0.4, -0.2) is 29.6 Å². The Balaban J connectivity index is 1.79. The maximum absolute atomic E-state index is 13.7. The zero-order valence-corrected chi connectivity index (χ0v) is 15.8. The Labute approximate surface area is 162 Å². The molecule has 0 saturated carbocycles. The second-order valence-corrected chi connectivity index (χ2v) is 6.21. The minimum Gasteiger partial charge on any atom is -0.493 e. The van der Waals surface area contributed by atoms with Gasteiger partial charge in [0.2, 0.25) is 0 Å². The van der Waals surface area contributed by atoms with E-state index in [1.807, 2.05) is 6.92 Å². The van der Waals surface area contributed by atoms with Crippen LogP contribution in [0.2, 0.25) is 0 Å². The lowest BCUT2D eigenvalue weighted by Gasteiger charge is -2.12. The Morgan fingerprint density at radius 2 is 2.00 bits per heavy atom. The number of methoxy groups -OCH3 is 1.